The van der Waals surface area contributed by atoms with Crippen molar-refractivity contribution >= 4 is 22.9 Å². The fourth-order valence-electron chi connectivity index (χ4n) is 1.20. The van der Waals surface area contributed by atoms with E-state index in [0.717, 1.165) is 16.3 Å². The molecule has 4 nitrogen and oxygen atoms in total. The molecule has 0 amide bonds. The first kappa shape index (κ1) is 9.64. The van der Waals surface area contributed by atoms with E-state index in [1.165, 1.54) is 17.7 Å². The lowest BCUT2D eigenvalue weighted by atomic mass is 10.1. The molecule has 1 atom stereocenters. The molecule has 0 saturated heterocycles. The number of thiophene rings is 1. The number of aromatic nitrogens is 3. The van der Waals surface area contributed by atoms with Gasteiger partial charge in [0.05, 0.1) is 10.4 Å². The van der Waals surface area contributed by atoms with E-state index in [1.807, 2.05) is 11.4 Å². The lowest BCUT2D eigenvalue weighted by molar-refractivity contribution is 0.672. The summed E-state index contributed by atoms with van der Waals surface area (Å²) in [5.41, 5.74) is 7.04. The van der Waals surface area contributed by atoms with Gasteiger partial charge >= 0.3 is 0 Å². The van der Waals surface area contributed by atoms with Crippen LogP contribution in [0.1, 0.15) is 17.4 Å². The number of hydrogen-bond acceptors (Lipinski definition) is 4. The van der Waals surface area contributed by atoms with E-state index in [1.54, 1.807) is 0 Å². The molecule has 0 bridgehead atoms. The standard InChI is InChI=1S/C8H9ClN4S/c9-7-2-5(3-14-7)1-6(10)8-11-4-12-13-8/h2-4,6H,1,10H2,(H,11,12,13). The van der Waals surface area contributed by atoms with Crippen LogP contribution in [0.5, 0.6) is 0 Å². The summed E-state index contributed by atoms with van der Waals surface area (Å²) in [6.45, 7) is 0. The van der Waals surface area contributed by atoms with E-state index in [4.69, 9.17) is 17.3 Å². The monoisotopic (exact) mass is 228 g/mol. The Hall–Kier alpha value is -0.910. The number of aromatic amines is 1. The lowest BCUT2D eigenvalue weighted by Crippen LogP contribution is -2.14. The van der Waals surface area contributed by atoms with Crippen molar-refractivity contribution in [3.63, 3.8) is 0 Å². The van der Waals surface area contributed by atoms with Crippen LogP contribution in [-0.2, 0) is 6.42 Å². The summed E-state index contributed by atoms with van der Waals surface area (Å²) in [7, 11) is 0. The molecule has 0 fully saturated rings. The normalized spacial score (nSPS) is 13.0. The SMILES string of the molecule is NC(Cc1csc(Cl)c1)c1ncn[nH]1. The van der Waals surface area contributed by atoms with Gasteiger partial charge in [0.1, 0.15) is 12.2 Å². The molecule has 3 N–H and O–H groups in total. The fraction of sp³-hybridized carbons (Fsp3) is 0.250. The third kappa shape index (κ3) is 2.12. The summed E-state index contributed by atoms with van der Waals surface area (Å²) < 4.78 is 0.782. The number of H-pyrrole nitrogens is 1. The van der Waals surface area contributed by atoms with E-state index in [0.29, 0.717) is 5.82 Å². The average Bonchev–Trinajstić information content (AvgIpc) is 2.75. The summed E-state index contributed by atoms with van der Waals surface area (Å²) >= 11 is 7.32. The molecular formula is C8H9ClN4S. The molecule has 2 aromatic rings. The number of nitrogens with one attached hydrogen (secondary N) is 1. The molecule has 0 radical (unpaired) electrons. The van der Waals surface area contributed by atoms with Crippen molar-refractivity contribution in [1.29, 1.82) is 0 Å². The van der Waals surface area contributed by atoms with Crippen molar-refractivity contribution in [3.8, 4) is 0 Å². The van der Waals surface area contributed by atoms with Crippen LogP contribution < -0.4 is 5.73 Å². The minimum absolute atomic E-state index is 0.150. The summed E-state index contributed by atoms with van der Waals surface area (Å²) in [4.78, 5) is 4.00. The molecule has 0 saturated carbocycles. The van der Waals surface area contributed by atoms with Crippen molar-refractivity contribution in [2.45, 2.75) is 12.5 Å². The quantitative estimate of drug-likeness (QED) is 0.841. The van der Waals surface area contributed by atoms with Crippen LogP contribution in [-0.4, -0.2) is 15.2 Å². The lowest BCUT2D eigenvalue weighted by Gasteiger charge is -2.05. The number of rotatable bonds is 3. The Morgan fingerprint density at radius 1 is 1.64 bits per heavy atom. The first-order valence-corrected chi connectivity index (χ1v) is 5.35. The van der Waals surface area contributed by atoms with Crippen LogP contribution in [0.4, 0.5) is 0 Å². The molecule has 6 heteroatoms. The fourth-order valence-corrected chi connectivity index (χ4v) is 2.12. The first-order valence-electron chi connectivity index (χ1n) is 4.09. The third-order valence-electron chi connectivity index (χ3n) is 1.86. The molecule has 0 aromatic carbocycles. The third-order valence-corrected chi connectivity index (χ3v) is 3.00. The Morgan fingerprint density at radius 3 is 3.07 bits per heavy atom. The maximum Gasteiger partial charge on any atom is 0.141 e. The summed E-state index contributed by atoms with van der Waals surface area (Å²) in [6.07, 6.45) is 2.17. The second-order valence-electron chi connectivity index (χ2n) is 2.94. The molecule has 2 heterocycles. The minimum atomic E-state index is -0.150. The zero-order chi connectivity index (χ0) is 9.97. The van der Waals surface area contributed by atoms with Crippen LogP contribution in [0.25, 0.3) is 0 Å². The second-order valence-corrected chi connectivity index (χ2v) is 4.48. The topological polar surface area (TPSA) is 67.6 Å². The van der Waals surface area contributed by atoms with Gasteiger partial charge in [-0.1, -0.05) is 11.6 Å². The highest BCUT2D eigenvalue weighted by Gasteiger charge is 2.10. The smallest absolute Gasteiger partial charge is 0.141 e. The van der Waals surface area contributed by atoms with Gasteiger partial charge in [0.25, 0.3) is 0 Å². The summed E-state index contributed by atoms with van der Waals surface area (Å²) in [5.74, 6) is 0.701. The van der Waals surface area contributed by atoms with Gasteiger partial charge in [-0.05, 0) is 23.4 Å². The van der Waals surface area contributed by atoms with Crippen molar-refractivity contribution in [2.75, 3.05) is 0 Å². The maximum absolute atomic E-state index is 5.91. The summed E-state index contributed by atoms with van der Waals surface area (Å²) in [5, 5.41) is 8.50. The van der Waals surface area contributed by atoms with E-state index in [9.17, 15) is 0 Å². The zero-order valence-electron chi connectivity index (χ0n) is 7.27. The number of hydrogen-bond donors (Lipinski definition) is 2. The van der Waals surface area contributed by atoms with E-state index in [2.05, 4.69) is 15.2 Å². The van der Waals surface area contributed by atoms with Crippen LogP contribution >= 0.6 is 22.9 Å². The highest BCUT2D eigenvalue weighted by molar-refractivity contribution is 7.14. The maximum atomic E-state index is 5.91. The van der Waals surface area contributed by atoms with Gasteiger partial charge in [0.2, 0.25) is 0 Å². The van der Waals surface area contributed by atoms with Crippen LogP contribution in [0.15, 0.2) is 17.8 Å². The molecule has 2 aromatic heterocycles. The Labute approximate surface area is 90.1 Å². The van der Waals surface area contributed by atoms with Crippen molar-refractivity contribution in [2.24, 2.45) is 5.73 Å². The van der Waals surface area contributed by atoms with Gasteiger partial charge in [0, 0.05) is 0 Å². The molecule has 0 spiro atoms. The highest BCUT2D eigenvalue weighted by Crippen LogP contribution is 2.22. The number of nitrogens with two attached hydrogens (primary N) is 1. The van der Waals surface area contributed by atoms with Crippen molar-refractivity contribution < 1.29 is 0 Å². The zero-order valence-corrected chi connectivity index (χ0v) is 8.85. The Bertz CT molecular complexity index is 397. The van der Waals surface area contributed by atoms with E-state index in [-0.39, 0.29) is 6.04 Å². The van der Waals surface area contributed by atoms with Crippen molar-refractivity contribution in [1.82, 2.24) is 15.2 Å². The Balaban J connectivity index is 2.05. The molecule has 0 aliphatic heterocycles. The van der Waals surface area contributed by atoms with Gasteiger partial charge in [0.15, 0.2) is 0 Å². The van der Waals surface area contributed by atoms with Gasteiger partial charge in [-0.15, -0.1) is 11.3 Å². The molecule has 14 heavy (non-hydrogen) atoms. The average molecular weight is 229 g/mol. The molecule has 0 aliphatic rings. The predicted octanol–water partition coefficient (Wildman–Crippen LogP) is 1.76. The Morgan fingerprint density at radius 2 is 2.50 bits per heavy atom. The molecule has 2 rings (SSSR count). The van der Waals surface area contributed by atoms with Gasteiger partial charge in [-0.3, -0.25) is 5.10 Å². The van der Waals surface area contributed by atoms with Crippen LogP contribution in [0.2, 0.25) is 4.34 Å². The molecule has 74 valence electrons. The van der Waals surface area contributed by atoms with Crippen LogP contribution in [0, 0.1) is 0 Å². The molecular weight excluding hydrogens is 220 g/mol. The largest absolute Gasteiger partial charge is 0.321 e. The van der Waals surface area contributed by atoms with Crippen molar-refractivity contribution in [3.05, 3.63) is 33.5 Å². The molecule has 0 aliphatic carbocycles. The molecule has 1 unspecified atom stereocenters. The first-order chi connectivity index (χ1) is 6.75. The van der Waals surface area contributed by atoms with Gasteiger partial charge in [-0.2, -0.15) is 5.10 Å². The predicted molar refractivity (Wildman–Crippen MR) is 56.3 cm³/mol. The van der Waals surface area contributed by atoms with E-state index >= 15 is 0 Å². The Kier molecular flexibility index (Phi) is 2.81. The van der Waals surface area contributed by atoms with Gasteiger partial charge < -0.3 is 5.73 Å². The minimum Gasteiger partial charge on any atom is -0.321 e. The van der Waals surface area contributed by atoms with Crippen LogP contribution in [0.3, 0.4) is 0 Å². The number of nitrogens with zero attached hydrogens (tertiary/aromatic N) is 2. The highest BCUT2D eigenvalue weighted by atomic mass is 35.5. The van der Waals surface area contributed by atoms with Gasteiger partial charge in [-0.25, -0.2) is 4.98 Å². The second kappa shape index (κ2) is 4.08. The number of halogens is 1. The van der Waals surface area contributed by atoms with E-state index < -0.39 is 0 Å². The summed E-state index contributed by atoms with van der Waals surface area (Å²) in [6, 6.07) is 1.77.